The molecular weight excluding hydrogens is 290 g/mol. The van der Waals surface area contributed by atoms with E-state index in [4.69, 9.17) is 16.3 Å². The van der Waals surface area contributed by atoms with Gasteiger partial charge in [-0.15, -0.1) is 0 Å². The molecule has 0 saturated heterocycles. The third-order valence-electron chi connectivity index (χ3n) is 2.87. The number of hydrogen-bond acceptors (Lipinski definition) is 2. The van der Waals surface area contributed by atoms with Crippen molar-refractivity contribution in [1.29, 1.82) is 0 Å². The number of carboxylic acid groups (broad SMARTS) is 1. The van der Waals surface area contributed by atoms with Gasteiger partial charge in [0.05, 0.1) is 5.92 Å². The van der Waals surface area contributed by atoms with Crippen LogP contribution in [0.5, 0.6) is 5.75 Å². The number of ether oxygens (including phenoxy) is 1. The highest BCUT2D eigenvalue weighted by Crippen LogP contribution is 2.32. The fourth-order valence-electron chi connectivity index (χ4n) is 1.86. The van der Waals surface area contributed by atoms with E-state index in [-0.39, 0.29) is 10.8 Å². The predicted octanol–water partition coefficient (Wildman–Crippen LogP) is 4.34. The molecule has 20 heavy (non-hydrogen) atoms. The summed E-state index contributed by atoms with van der Waals surface area (Å²) in [7, 11) is 0. The van der Waals surface area contributed by atoms with Gasteiger partial charge in [0.25, 0.3) is 6.43 Å². The number of halogens is 3. The van der Waals surface area contributed by atoms with Gasteiger partial charge in [-0.05, 0) is 24.1 Å². The lowest BCUT2D eigenvalue weighted by molar-refractivity contribution is -0.139. The van der Waals surface area contributed by atoms with Crippen LogP contribution in [-0.4, -0.2) is 24.1 Å². The van der Waals surface area contributed by atoms with Crippen LogP contribution in [0.3, 0.4) is 0 Å². The molecular formula is C14H17ClF2O3. The van der Waals surface area contributed by atoms with Gasteiger partial charge in [0.1, 0.15) is 12.4 Å². The lowest BCUT2D eigenvalue weighted by atomic mass is 9.93. The lowest BCUT2D eigenvalue weighted by Gasteiger charge is -2.15. The molecule has 0 bridgehead atoms. The Balaban J connectivity index is 2.86. The summed E-state index contributed by atoms with van der Waals surface area (Å²) in [6.45, 7) is 1.26. The minimum absolute atomic E-state index is 0.207. The normalized spacial score (nSPS) is 12.4. The molecule has 0 fully saturated rings. The first-order valence-electron chi connectivity index (χ1n) is 6.38. The van der Waals surface area contributed by atoms with Crippen molar-refractivity contribution in [2.45, 2.75) is 38.5 Å². The quantitative estimate of drug-likeness (QED) is 0.777. The summed E-state index contributed by atoms with van der Waals surface area (Å²) in [5, 5.41) is 9.46. The van der Waals surface area contributed by atoms with E-state index in [1.165, 1.54) is 18.2 Å². The standard InChI is InChI=1S/C14H17ClF2O3/c1-2-3-4-11(14(18)19)10-6-5-9(7-12(10)15)20-8-13(16)17/h5-7,11,13H,2-4,8H2,1H3,(H,18,19). The van der Waals surface area contributed by atoms with Crippen LogP contribution in [0, 0.1) is 0 Å². The number of benzene rings is 1. The van der Waals surface area contributed by atoms with Crippen LogP contribution in [0.25, 0.3) is 0 Å². The summed E-state index contributed by atoms with van der Waals surface area (Å²) in [4.78, 5) is 11.3. The highest BCUT2D eigenvalue weighted by Gasteiger charge is 2.22. The van der Waals surface area contributed by atoms with Crippen molar-refractivity contribution < 1.29 is 23.4 Å². The zero-order valence-electron chi connectivity index (χ0n) is 11.1. The second-order valence-electron chi connectivity index (χ2n) is 4.42. The molecule has 6 heteroatoms. The zero-order chi connectivity index (χ0) is 15.1. The molecule has 1 rings (SSSR count). The molecule has 0 aliphatic carbocycles. The predicted molar refractivity (Wildman–Crippen MR) is 72.9 cm³/mol. The number of carbonyl (C=O) groups is 1. The van der Waals surface area contributed by atoms with Crippen molar-refractivity contribution in [3.63, 3.8) is 0 Å². The van der Waals surface area contributed by atoms with Gasteiger partial charge in [0.15, 0.2) is 0 Å². The SMILES string of the molecule is CCCCC(C(=O)O)c1ccc(OCC(F)F)cc1Cl. The average Bonchev–Trinajstić information content (AvgIpc) is 2.38. The molecule has 1 aromatic rings. The summed E-state index contributed by atoms with van der Waals surface area (Å²) in [6, 6.07) is 4.37. The van der Waals surface area contributed by atoms with Crippen LogP contribution in [0.2, 0.25) is 5.02 Å². The lowest BCUT2D eigenvalue weighted by Crippen LogP contribution is -2.12. The molecule has 3 nitrogen and oxygen atoms in total. The highest BCUT2D eigenvalue weighted by atomic mass is 35.5. The second kappa shape index (κ2) is 8.04. The molecule has 0 aliphatic rings. The van der Waals surface area contributed by atoms with Gasteiger partial charge in [0, 0.05) is 5.02 Å². The van der Waals surface area contributed by atoms with Crippen LogP contribution >= 0.6 is 11.6 Å². The number of unbranched alkanes of at least 4 members (excludes halogenated alkanes) is 1. The minimum atomic E-state index is -2.57. The first-order chi connectivity index (χ1) is 9.45. The van der Waals surface area contributed by atoms with E-state index in [9.17, 15) is 18.7 Å². The van der Waals surface area contributed by atoms with Gasteiger partial charge in [-0.25, -0.2) is 8.78 Å². The Morgan fingerprint density at radius 1 is 1.45 bits per heavy atom. The Labute approximate surface area is 121 Å². The Morgan fingerprint density at radius 3 is 2.65 bits per heavy atom. The van der Waals surface area contributed by atoms with Crippen LogP contribution in [0.1, 0.15) is 37.7 Å². The van der Waals surface area contributed by atoms with Crippen molar-refractivity contribution in [2.75, 3.05) is 6.61 Å². The summed E-state index contributed by atoms with van der Waals surface area (Å²) < 4.78 is 28.9. The number of rotatable bonds is 8. The maximum atomic E-state index is 12.0. The Hall–Kier alpha value is -1.36. The molecule has 0 aliphatic heterocycles. The van der Waals surface area contributed by atoms with E-state index in [0.29, 0.717) is 12.0 Å². The minimum Gasteiger partial charge on any atom is -0.488 e. The van der Waals surface area contributed by atoms with Crippen LogP contribution in [-0.2, 0) is 4.79 Å². The molecule has 1 atom stereocenters. The summed E-state index contributed by atoms with van der Waals surface area (Å²) >= 11 is 6.03. The van der Waals surface area contributed by atoms with Gasteiger partial charge < -0.3 is 9.84 Å². The van der Waals surface area contributed by atoms with Crippen LogP contribution in [0.15, 0.2) is 18.2 Å². The maximum Gasteiger partial charge on any atom is 0.311 e. The van der Waals surface area contributed by atoms with Crippen molar-refractivity contribution in [1.82, 2.24) is 0 Å². The Kier molecular flexibility index (Phi) is 6.71. The molecule has 1 unspecified atom stereocenters. The van der Waals surface area contributed by atoms with E-state index in [2.05, 4.69) is 0 Å². The van der Waals surface area contributed by atoms with Gasteiger partial charge in [-0.3, -0.25) is 4.79 Å². The first-order valence-corrected chi connectivity index (χ1v) is 6.76. The van der Waals surface area contributed by atoms with E-state index in [1.54, 1.807) is 0 Å². The summed E-state index contributed by atoms with van der Waals surface area (Å²) in [5.74, 6) is -1.42. The molecule has 112 valence electrons. The van der Waals surface area contributed by atoms with E-state index < -0.39 is 24.9 Å². The molecule has 0 spiro atoms. The Bertz CT molecular complexity index is 452. The van der Waals surface area contributed by atoms with Gasteiger partial charge >= 0.3 is 5.97 Å². The van der Waals surface area contributed by atoms with Crippen molar-refractivity contribution >= 4 is 17.6 Å². The van der Waals surface area contributed by atoms with Crippen molar-refractivity contribution in [3.8, 4) is 5.75 Å². The number of hydrogen-bond donors (Lipinski definition) is 1. The molecule has 0 aromatic heterocycles. The molecule has 0 amide bonds. The summed E-state index contributed by atoms with van der Waals surface area (Å²) in [6.07, 6.45) is -0.416. The zero-order valence-corrected chi connectivity index (χ0v) is 11.9. The highest BCUT2D eigenvalue weighted by molar-refractivity contribution is 6.31. The fraction of sp³-hybridized carbons (Fsp3) is 0.500. The monoisotopic (exact) mass is 306 g/mol. The molecule has 0 heterocycles. The maximum absolute atomic E-state index is 12.0. The van der Waals surface area contributed by atoms with Crippen LogP contribution in [0.4, 0.5) is 8.78 Å². The number of carboxylic acids is 1. The average molecular weight is 307 g/mol. The van der Waals surface area contributed by atoms with E-state index in [1.807, 2.05) is 6.92 Å². The first kappa shape index (κ1) is 16.7. The van der Waals surface area contributed by atoms with Gasteiger partial charge in [0.2, 0.25) is 0 Å². The topological polar surface area (TPSA) is 46.5 Å². The van der Waals surface area contributed by atoms with Crippen molar-refractivity contribution in [3.05, 3.63) is 28.8 Å². The Morgan fingerprint density at radius 2 is 2.15 bits per heavy atom. The summed E-state index contributed by atoms with van der Waals surface area (Å²) in [5.41, 5.74) is 0.483. The molecule has 1 aromatic carbocycles. The van der Waals surface area contributed by atoms with Crippen molar-refractivity contribution in [2.24, 2.45) is 0 Å². The third-order valence-corrected chi connectivity index (χ3v) is 3.20. The van der Waals surface area contributed by atoms with Gasteiger partial charge in [-0.2, -0.15) is 0 Å². The number of alkyl halides is 2. The van der Waals surface area contributed by atoms with E-state index >= 15 is 0 Å². The van der Waals surface area contributed by atoms with Gasteiger partial charge in [-0.1, -0.05) is 37.4 Å². The molecule has 1 N–H and O–H groups in total. The second-order valence-corrected chi connectivity index (χ2v) is 4.83. The largest absolute Gasteiger partial charge is 0.488 e. The number of aliphatic carboxylic acids is 1. The molecule has 0 saturated carbocycles. The molecule has 0 radical (unpaired) electrons. The fourth-order valence-corrected chi connectivity index (χ4v) is 2.16. The third kappa shape index (κ3) is 4.96. The van der Waals surface area contributed by atoms with E-state index in [0.717, 1.165) is 12.8 Å². The van der Waals surface area contributed by atoms with Crippen LogP contribution < -0.4 is 4.74 Å². The smallest absolute Gasteiger partial charge is 0.311 e.